The van der Waals surface area contributed by atoms with E-state index in [1.54, 1.807) is 36.4 Å². The predicted molar refractivity (Wildman–Crippen MR) is 165 cm³/mol. The van der Waals surface area contributed by atoms with E-state index in [4.69, 9.17) is 9.47 Å². The summed E-state index contributed by atoms with van der Waals surface area (Å²) in [4.78, 5) is 30.5. The van der Waals surface area contributed by atoms with Crippen molar-refractivity contribution in [3.63, 3.8) is 0 Å². The number of carbonyl (C=O) groups excluding carboxylic acids is 2. The van der Waals surface area contributed by atoms with Crippen LogP contribution < -0.4 is 20.3 Å². The summed E-state index contributed by atoms with van der Waals surface area (Å²) in [6.07, 6.45) is 0. The van der Waals surface area contributed by atoms with Gasteiger partial charge in [0.2, 0.25) is 11.8 Å². The lowest BCUT2D eigenvalue weighted by atomic mass is 10.2. The molecule has 4 aromatic rings. The molecule has 1 heterocycles. The lowest BCUT2D eigenvalue weighted by molar-refractivity contribution is -0.128. The Morgan fingerprint density at radius 3 is 1.98 bits per heavy atom. The Hall–Kier alpha value is -4.80. The first-order valence-corrected chi connectivity index (χ1v) is 14.4. The van der Waals surface area contributed by atoms with Crippen molar-refractivity contribution in [2.24, 2.45) is 0 Å². The molecule has 5 rings (SSSR count). The van der Waals surface area contributed by atoms with Crippen LogP contribution in [0, 0.1) is 11.6 Å². The van der Waals surface area contributed by atoms with E-state index < -0.39 is 11.9 Å². The molecule has 4 aromatic carbocycles. The minimum absolute atomic E-state index is 0.0173. The summed E-state index contributed by atoms with van der Waals surface area (Å²) in [7, 11) is 0. The number of benzene rings is 4. The van der Waals surface area contributed by atoms with Crippen LogP contribution in [0.1, 0.15) is 5.56 Å². The summed E-state index contributed by atoms with van der Waals surface area (Å²) in [5.74, 6) is -0.326. The van der Waals surface area contributed by atoms with Crippen LogP contribution in [0.3, 0.4) is 0 Å². The van der Waals surface area contributed by atoms with E-state index >= 15 is 0 Å². The summed E-state index contributed by atoms with van der Waals surface area (Å²) in [5.41, 5.74) is 2.41. The second kappa shape index (κ2) is 15.1. The van der Waals surface area contributed by atoms with Gasteiger partial charge in [0.15, 0.2) is 0 Å². The number of hydrogen-bond donors (Lipinski definition) is 2. The van der Waals surface area contributed by atoms with Gasteiger partial charge in [-0.2, -0.15) is 0 Å². The first-order valence-electron chi connectivity index (χ1n) is 14.4. The van der Waals surface area contributed by atoms with Gasteiger partial charge < -0.3 is 25.0 Å². The molecule has 8 nitrogen and oxygen atoms in total. The third kappa shape index (κ3) is 9.10. The number of anilines is 2. The third-order valence-electron chi connectivity index (χ3n) is 7.15. The number of carbonyl (C=O) groups is 2. The minimum Gasteiger partial charge on any atom is -0.457 e. The van der Waals surface area contributed by atoms with Crippen LogP contribution in [0.5, 0.6) is 11.5 Å². The largest absolute Gasteiger partial charge is 0.457 e. The van der Waals surface area contributed by atoms with Crippen molar-refractivity contribution >= 4 is 23.2 Å². The standard InChI is InChI=1S/C34H34F2N4O4/c35-26-6-12-29(13-7-26)40-20-18-39(19-21-40)22-33(41)38-32(24-43-23-25-4-2-1-3-5-25)34(42)37-28-10-16-31(17-11-28)44-30-14-8-27(36)9-15-30/h1-17,32H,18-24H2,(H,37,42)(H,38,41). The van der Waals surface area contributed by atoms with E-state index in [0.29, 0.717) is 50.0 Å². The first-order chi connectivity index (χ1) is 21.4. The SMILES string of the molecule is O=C(CN1CCN(c2ccc(F)cc2)CC1)NC(COCc1ccccc1)C(=O)Nc1ccc(Oc2ccc(F)cc2)cc1. The fraction of sp³-hybridized carbons (Fsp3) is 0.235. The van der Waals surface area contributed by atoms with Gasteiger partial charge in [0, 0.05) is 37.6 Å². The molecule has 1 saturated heterocycles. The number of rotatable bonds is 12. The van der Waals surface area contributed by atoms with Crippen LogP contribution in [0.25, 0.3) is 0 Å². The molecule has 1 aliphatic rings. The highest BCUT2D eigenvalue weighted by molar-refractivity contribution is 5.97. The highest BCUT2D eigenvalue weighted by Gasteiger charge is 2.24. The number of hydrogen-bond acceptors (Lipinski definition) is 6. The molecule has 2 amide bonds. The number of halogens is 2. The Bertz CT molecular complexity index is 1500. The van der Waals surface area contributed by atoms with Gasteiger partial charge in [-0.25, -0.2) is 8.78 Å². The van der Waals surface area contributed by atoms with Crippen molar-refractivity contribution < 1.29 is 27.8 Å². The van der Waals surface area contributed by atoms with Crippen LogP contribution in [0.15, 0.2) is 103 Å². The van der Waals surface area contributed by atoms with E-state index in [0.717, 1.165) is 11.3 Å². The molecule has 1 unspecified atom stereocenters. The highest BCUT2D eigenvalue weighted by Crippen LogP contribution is 2.23. The van der Waals surface area contributed by atoms with Crippen molar-refractivity contribution in [1.82, 2.24) is 10.2 Å². The maximum Gasteiger partial charge on any atom is 0.249 e. The van der Waals surface area contributed by atoms with Gasteiger partial charge >= 0.3 is 0 Å². The Morgan fingerprint density at radius 2 is 1.34 bits per heavy atom. The Kier molecular flexibility index (Phi) is 10.5. The molecule has 1 aliphatic heterocycles. The van der Waals surface area contributed by atoms with Gasteiger partial charge in [0.1, 0.15) is 29.2 Å². The van der Waals surface area contributed by atoms with Gasteiger partial charge in [-0.05, 0) is 78.4 Å². The quantitative estimate of drug-likeness (QED) is 0.232. The number of nitrogens with zero attached hydrogens (tertiary/aromatic N) is 2. The van der Waals surface area contributed by atoms with E-state index in [2.05, 4.69) is 15.5 Å². The van der Waals surface area contributed by atoms with Gasteiger partial charge in [0.25, 0.3) is 0 Å². The zero-order valence-electron chi connectivity index (χ0n) is 24.1. The molecule has 44 heavy (non-hydrogen) atoms. The molecule has 10 heteroatoms. The minimum atomic E-state index is -0.929. The molecular formula is C34H34F2N4O4. The summed E-state index contributed by atoms with van der Waals surface area (Å²) in [6, 6.07) is 27.4. The van der Waals surface area contributed by atoms with Crippen LogP contribution in [0.2, 0.25) is 0 Å². The topological polar surface area (TPSA) is 83.1 Å². The number of ether oxygens (including phenoxy) is 2. The molecule has 0 radical (unpaired) electrons. The molecular weight excluding hydrogens is 566 g/mol. The number of amides is 2. The van der Waals surface area contributed by atoms with Crippen molar-refractivity contribution in [2.45, 2.75) is 12.6 Å². The molecule has 0 bridgehead atoms. The smallest absolute Gasteiger partial charge is 0.249 e. The second-order valence-electron chi connectivity index (χ2n) is 10.4. The molecule has 228 valence electrons. The predicted octanol–water partition coefficient (Wildman–Crippen LogP) is 5.22. The highest BCUT2D eigenvalue weighted by atomic mass is 19.1. The van der Waals surface area contributed by atoms with Gasteiger partial charge in [0.05, 0.1) is 19.8 Å². The lowest BCUT2D eigenvalue weighted by Crippen LogP contribution is -2.53. The maximum atomic E-state index is 13.3. The lowest BCUT2D eigenvalue weighted by Gasteiger charge is -2.35. The molecule has 0 aliphatic carbocycles. The molecule has 1 fully saturated rings. The number of nitrogens with one attached hydrogen (secondary N) is 2. The summed E-state index contributed by atoms with van der Waals surface area (Å²) in [6.45, 7) is 3.11. The molecule has 2 N–H and O–H groups in total. The normalized spacial score (nSPS) is 14.1. The van der Waals surface area contributed by atoms with E-state index in [1.165, 1.54) is 36.4 Å². The fourth-order valence-electron chi connectivity index (χ4n) is 4.79. The second-order valence-corrected chi connectivity index (χ2v) is 10.4. The van der Waals surface area contributed by atoms with E-state index in [9.17, 15) is 18.4 Å². The molecule has 0 aromatic heterocycles. The summed E-state index contributed by atoms with van der Waals surface area (Å²) < 4.78 is 38.0. The van der Waals surface area contributed by atoms with Crippen molar-refractivity contribution in [2.75, 3.05) is 49.5 Å². The fourth-order valence-corrected chi connectivity index (χ4v) is 4.79. The maximum absolute atomic E-state index is 13.3. The molecule has 0 spiro atoms. The van der Waals surface area contributed by atoms with E-state index in [1.807, 2.05) is 35.2 Å². The summed E-state index contributed by atoms with van der Waals surface area (Å²) >= 11 is 0. The Labute approximate surface area is 255 Å². The van der Waals surface area contributed by atoms with Crippen molar-refractivity contribution in [1.29, 1.82) is 0 Å². The average molecular weight is 601 g/mol. The average Bonchev–Trinajstić information content (AvgIpc) is 3.04. The molecule has 1 atom stereocenters. The van der Waals surface area contributed by atoms with E-state index in [-0.39, 0.29) is 30.7 Å². The van der Waals surface area contributed by atoms with Crippen molar-refractivity contribution in [3.05, 3.63) is 120 Å². The van der Waals surface area contributed by atoms with Crippen LogP contribution in [-0.4, -0.2) is 62.1 Å². The van der Waals surface area contributed by atoms with Crippen LogP contribution in [0.4, 0.5) is 20.2 Å². The van der Waals surface area contributed by atoms with Gasteiger partial charge in [-0.15, -0.1) is 0 Å². The Morgan fingerprint density at radius 1 is 0.750 bits per heavy atom. The zero-order chi connectivity index (χ0) is 30.7. The monoisotopic (exact) mass is 600 g/mol. The first kappa shape index (κ1) is 30.7. The van der Waals surface area contributed by atoms with Crippen LogP contribution >= 0.6 is 0 Å². The number of piperazine rings is 1. The Balaban J connectivity index is 1.15. The van der Waals surface area contributed by atoms with Gasteiger partial charge in [-0.3, -0.25) is 14.5 Å². The van der Waals surface area contributed by atoms with Crippen LogP contribution in [-0.2, 0) is 20.9 Å². The third-order valence-corrected chi connectivity index (χ3v) is 7.15. The zero-order valence-corrected chi connectivity index (χ0v) is 24.1. The summed E-state index contributed by atoms with van der Waals surface area (Å²) in [5, 5.41) is 5.68. The van der Waals surface area contributed by atoms with Crippen molar-refractivity contribution in [3.8, 4) is 11.5 Å². The molecule has 0 saturated carbocycles. The van der Waals surface area contributed by atoms with Gasteiger partial charge in [-0.1, -0.05) is 30.3 Å².